The highest BCUT2D eigenvalue weighted by Gasteiger charge is 2.48. The minimum absolute atomic E-state index is 0.0370. The van der Waals surface area contributed by atoms with Crippen molar-refractivity contribution in [3.63, 3.8) is 0 Å². The number of benzene rings is 4. The number of aliphatic hydroxyl groups excluding tert-OH is 2. The van der Waals surface area contributed by atoms with Gasteiger partial charge < -0.3 is 64.6 Å². The summed E-state index contributed by atoms with van der Waals surface area (Å²) in [5.74, 6) is 1.25. The number of carbonyl (C=O) groups excluding carboxylic acids is 2. The van der Waals surface area contributed by atoms with Crippen LogP contribution in [0.25, 0.3) is 21.8 Å². The molecule has 0 saturated carbocycles. The summed E-state index contributed by atoms with van der Waals surface area (Å²) in [4.78, 5) is 36.7. The zero-order chi connectivity index (χ0) is 51.9. The van der Waals surface area contributed by atoms with E-state index in [1.165, 1.54) is 45.8 Å². The molecule has 5 aliphatic rings. The van der Waals surface area contributed by atoms with Crippen molar-refractivity contribution in [3.05, 3.63) is 144 Å². The summed E-state index contributed by atoms with van der Waals surface area (Å²) in [6, 6.07) is 36.2. The first-order valence-corrected chi connectivity index (χ1v) is 26.8. The van der Waals surface area contributed by atoms with Gasteiger partial charge in [-0.15, -0.1) is 0 Å². The number of para-hydroxylation sites is 2. The van der Waals surface area contributed by atoms with Crippen LogP contribution in [-0.2, 0) is 27.4 Å². The predicted molar refractivity (Wildman–Crippen MR) is 288 cm³/mol. The van der Waals surface area contributed by atoms with Crippen molar-refractivity contribution in [2.24, 2.45) is 0 Å². The molecule has 2 unspecified atom stereocenters. The monoisotopic (exact) mass is 1010 g/mol. The number of rotatable bonds is 10. The standard InChI is InChI=1S/C28H35N3O4.C15H19NO4.C13H16N2.C3H8O/c32-26(19-30-14-10-22(11-15-30)24-18-29-25-9-5-4-8-23(24)25)28(34)12-16-31(17-13-28)27(33)35-20-21-6-2-1-3-7-21;17-14(20-10-12-4-2-1-3-5-12)16-8-6-15(18,7-9-16)13-11-19-13;1-2-4-13-11(3-1)12(9-15-13)10-5-7-14-8-6-10;1-3(2)4/h1-9,18,22,26,29,32,34H,10-17,19-20H2;1-5,13,18H,6-11H2;1-4,9-10,14-15H,5-8H2;3-4H,1-2H3. The molecule has 0 aliphatic carbocycles. The average molecular weight is 1020 g/mol. The molecule has 398 valence electrons. The Morgan fingerprint density at radius 1 is 0.622 bits per heavy atom. The fourth-order valence-corrected chi connectivity index (χ4v) is 10.6. The molecule has 2 aromatic heterocycles. The molecule has 0 spiro atoms. The number of aromatic amines is 2. The summed E-state index contributed by atoms with van der Waals surface area (Å²) < 4.78 is 15.9. The minimum Gasteiger partial charge on any atom is -0.445 e. The van der Waals surface area contributed by atoms with E-state index in [4.69, 9.17) is 19.3 Å². The van der Waals surface area contributed by atoms with Gasteiger partial charge in [0.2, 0.25) is 0 Å². The molecule has 2 amide bonds. The Hall–Kier alpha value is -5.78. The molecule has 11 rings (SSSR count). The third kappa shape index (κ3) is 15.0. The number of aliphatic hydroxyl groups is 4. The number of carbonyl (C=O) groups is 2. The highest BCUT2D eigenvalue weighted by molar-refractivity contribution is 5.84. The van der Waals surface area contributed by atoms with Crippen LogP contribution in [0.2, 0.25) is 0 Å². The van der Waals surface area contributed by atoms with Crippen LogP contribution in [0.3, 0.4) is 0 Å². The first-order chi connectivity index (χ1) is 35.9. The molecule has 4 aromatic carbocycles. The molecule has 5 fully saturated rings. The highest BCUT2D eigenvalue weighted by Crippen LogP contribution is 2.36. The van der Waals surface area contributed by atoms with Crippen molar-refractivity contribution < 1.29 is 44.2 Å². The van der Waals surface area contributed by atoms with E-state index in [0.717, 1.165) is 56.1 Å². The Morgan fingerprint density at radius 2 is 1.04 bits per heavy atom. The lowest BCUT2D eigenvalue weighted by Crippen LogP contribution is -2.56. The van der Waals surface area contributed by atoms with Crippen LogP contribution in [0.5, 0.6) is 0 Å². The Bertz CT molecular complexity index is 2620. The maximum absolute atomic E-state index is 12.4. The Morgan fingerprint density at radius 3 is 1.50 bits per heavy atom. The fraction of sp³-hybridized carbons (Fsp3) is 0.492. The van der Waals surface area contributed by atoms with Gasteiger partial charge in [-0.05, 0) is 138 Å². The second-order valence-electron chi connectivity index (χ2n) is 20.9. The molecule has 7 heterocycles. The molecule has 0 radical (unpaired) electrons. The Labute approximate surface area is 435 Å². The molecule has 7 N–H and O–H groups in total. The molecular formula is C59H78N6O9. The lowest BCUT2D eigenvalue weighted by atomic mass is 9.84. The molecular weight excluding hydrogens is 937 g/mol. The minimum atomic E-state index is -1.18. The number of hydrogen-bond acceptors (Lipinski definition) is 11. The van der Waals surface area contributed by atoms with Crippen molar-refractivity contribution in [1.82, 2.24) is 30.0 Å². The molecule has 0 bridgehead atoms. The van der Waals surface area contributed by atoms with Crippen LogP contribution in [0.4, 0.5) is 9.59 Å². The normalized spacial score (nSPS) is 20.3. The Kier molecular flexibility index (Phi) is 19.2. The first kappa shape index (κ1) is 54.5. The molecule has 74 heavy (non-hydrogen) atoms. The number of nitrogens with zero attached hydrogens (tertiary/aromatic N) is 3. The fourth-order valence-electron chi connectivity index (χ4n) is 10.6. The number of nitrogens with one attached hydrogen (secondary N) is 3. The van der Waals surface area contributed by atoms with Crippen LogP contribution in [0.1, 0.15) is 99.3 Å². The Balaban J connectivity index is 0.000000156. The summed E-state index contributed by atoms with van der Waals surface area (Å²) in [6.45, 7) is 11.0. The van der Waals surface area contributed by atoms with Crippen molar-refractivity contribution in [2.75, 3.05) is 65.5 Å². The van der Waals surface area contributed by atoms with Crippen molar-refractivity contribution in [2.45, 2.75) is 120 Å². The van der Waals surface area contributed by atoms with Crippen LogP contribution >= 0.6 is 0 Å². The maximum Gasteiger partial charge on any atom is 0.410 e. The number of piperidine rings is 4. The van der Waals surface area contributed by atoms with Gasteiger partial charge >= 0.3 is 12.2 Å². The van der Waals surface area contributed by atoms with E-state index in [0.29, 0.717) is 70.9 Å². The number of epoxide rings is 1. The van der Waals surface area contributed by atoms with Crippen molar-refractivity contribution in [1.29, 1.82) is 0 Å². The number of aromatic nitrogens is 2. The SMILES string of the molecule is CC(C)O.O=C(OCc1ccccc1)N1CCC(O)(C(O)CN2CCC(c3c[nH]c4ccccc34)CC2)CC1.O=C(OCc1ccccc1)N1CCC(O)(C2CO2)CC1.c1ccc2c(C3CCNCC3)c[nH]c2c1. The van der Waals surface area contributed by atoms with E-state index in [2.05, 4.69) is 81.1 Å². The second-order valence-corrected chi connectivity index (χ2v) is 20.9. The summed E-state index contributed by atoms with van der Waals surface area (Å²) in [5.41, 5.74) is 5.32. The van der Waals surface area contributed by atoms with E-state index in [9.17, 15) is 24.9 Å². The van der Waals surface area contributed by atoms with Gasteiger partial charge in [0, 0.05) is 73.0 Å². The molecule has 5 saturated heterocycles. The molecule has 5 aliphatic heterocycles. The van der Waals surface area contributed by atoms with Crippen LogP contribution in [0, 0.1) is 0 Å². The summed E-state index contributed by atoms with van der Waals surface area (Å²) in [5, 5.41) is 46.6. The van der Waals surface area contributed by atoms with E-state index < -0.39 is 17.3 Å². The zero-order valence-electron chi connectivity index (χ0n) is 43.2. The zero-order valence-corrected chi connectivity index (χ0v) is 43.2. The quantitative estimate of drug-likeness (QED) is 0.0650. The lowest BCUT2D eigenvalue weighted by Gasteiger charge is -2.42. The molecule has 6 aromatic rings. The van der Waals surface area contributed by atoms with Gasteiger partial charge in [0.25, 0.3) is 0 Å². The smallest absolute Gasteiger partial charge is 0.410 e. The number of H-pyrrole nitrogens is 2. The van der Waals surface area contributed by atoms with Crippen LogP contribution in [0.15, 0.2) is 122 Å². The van der Waals surface area contributed by atoms with Crippen LogP contribution in [-0.4, -0.2) is 152 Å². The predicted octanol–water partition coefficient (Wildman–Crippen LogP) is 8.44. The topological polar surface area (TPSA) is 199 Å². The molecule has 15 nitrogen and oxygen atoms in total. The van der Waals surface area contributed by atoms with E-state index in [-0.39, 0.29) is 37.6 Å². The highest BCUT2D eigenvalue weighted by atomic mass is 16.6. The number of fused-ring (bicyclic) bond motifs is 2. The van der Waals surface area contributed by atoms with Crippen molar-refractivity contribution in [3.8, 4) is 0 Å². The number of hydrogen-bond donors (Lipinski definition) is 7. The number of β-amino-alcohol motifs (C(OH)–C–C–N with tert-alkyl or cyclic N) is 1. The largest absolute Gasteiger partial charge is 0.445 e. The summed E-state index contributed by atoms with van der Waals surface area (Å²) in [7, 11) is 0. The van der Waals surface area contributed by atoms with E-state index in [1.54, 1.807) is 23.6 Å². The summed E-state index contributed by atoms with van der Waals surface area (Å²) >= 11 is 0. The van der Waals surface area contributed by atoms with Gasteiger partial charge in [-0.1, -0.05) is 97.1 Å². The second kappa shape index (κ2) is 26.1. The lowest BCUT2D eigenvalue weighted by molar-refractivity contribution is -0.116. The van der Waals surface area contributed by atoms with Gasteiger partial charge in [-0.25, -0.2) is 9.59 Å². The van der Waals surface area contributed by atoms with E-state index >= 15 is 0 Å². The first-order valence-electron chi connectivity index (χ1n) is 26.8. The van der Waals surface area contributed by atoms with Gasteiger partial charge in [0.15, 0.2) is 0 Å². The molecule has 15 heteroatoms. The van der Waals surface area contributed by atoms with Gasteiger partial charge in [-0.3, -0.25) is 0 Å². The number of likely N-dealkylation sites (tertiary alicyclic amines) is 3. The van der Waals surface area contributed by atoms with Crippen molar-refractivity contribution >= 4 is 34.0 Å². The van der Waals surface area contributed by atoms with Gasteiger partial charge in [0.05, 0.1) is 23.9 Å². The third-order valence-corrected chi connectivity index (χ3v) is 15.2. The maximum atomic E-state index is 12.4. The average Bonchev–Trinajstić information content (AvgIpc) is 4.09. The third-order valence-electron chi connectivity index (χ3n) is 15.2. The number of ether oxygens (including phenoxy) is 3. The van der Waals surface area contributed by atoms with E-state index in [1.807, 2.05) is 60.7 Å². The van der Waals surface area contributed by atoms with Gasteiger partial charge in [-0.2, -0.15) is 0 Å². The van der Waals surface area contributed by atoms with Gasteiger partial charge in [0.1, 0.15) is 19.3 Å². The molecule has 2 atom stereocenters. The summed E-state index contributed by atoms with van der Waals surface area (Å²) in [6.07, 6.45) is 9.02. The number of amides is 2. The van der Waals surface area contributed by atoms with Crippen LogP contribution < -0.4 is 5.32 Å².